The number of hydrogen-bond donors (Lipinski definition) is 2. The van der Waals surface area contributed by atoms with Gasteiger partial charge in [-0.25, -0.2) is 4.98 Å². The van der Waals surface area contributed by atoms with E-state index in [1.807, 2.05) is 17.5 Å². The molecule has 110 valence electrons. The van der Waals surface area contributed by atoms with E-state index >= 15 is 0 Å². The summed E-state index contributed by atoms with van der Waals surface area (Å²) in [4.78, 5) is 28.3. The van der Waals surface area contributed by atoms with Crippen LogP contribution >= 0.6 is 11.3 Å². The van der Waals surface area contributed by atoms with Gasteiger partial charge in [0.25, 0.3) is 0 Å². The van der Waals surface area contributed by atoms with Crippen molar-refractivity contribution < 1.29 is 14.7 Å². The minimum Gasteiger partial charge on any atom is -0.481 e. The van der Waals surface area contributed by atoms with Gasteiger partial charge >= 0.3 is 5.97 Å². The van der Waals surface area contributed by atoms with Gasteiger partial charge in [-0.15, -0.1) is 11.3 Å². The zero-order valence-electron chi connectivity index (χ0n) is 11.4. The number of carbonyl (C=O) groups excluding carboxylic acids is 1. The molecule has 0 spiro atoms. The normalized spacial score (nSPS) is 33.3. The number of thiazole rings is 1. The van der Waals surface area contributed by atoms with Crippen LogP contribution in [0.4, 0.5) is 5.13 Å². The van der Waals surface area contributed by atoms with Crippen LogP contribution in [0, 0.1) is 23.7 Å². The third-order valence-electron chi connectivity index (χ3n) is 4.79. The van der Waals surface area contributed by atoms with Crippen molar-refractivity contribution in [2.45, 2.75) is 25.2 Å². The summed E-state index contributed by atoms with van der Waals surface area (Å²) in [6.45, 7) is 0. The topological polar surface area (TPSA) is 79.3 Å². The Morgan fingerprint density at radius 3 is 2.62 bits per heavy atom. The minimum absolute atomic E-state index is 0.00145. The highest BCUT2D eigenvalue weighted by Crippen LogP contribution is 2.48. The van der Waals surface area contributed by atoms with Gasteiger partial charge in [0, 0.05) is 11.3 Å². The Morgan fingerprint density at radius 1 is 1.24 bits per heavy atom. The third kappa shape index (κ3) is 2.18. The Labute approximate surface area is 126 Å². The molecule has 0 aliphatic heterocycles. The highest BCUT2D eigenvalue weighted by Gasteiger charge is 2.51. The number of carboxylic acid groups (broad SMARTS) is 1. The average molecular weight is 304 g/mol. The van der Waals surface area contributed by atoms with E-state index in [9.17, 15) is 14.7 Å². The number of aliphatic carboxylic acids is 1. The lowest BCUT2D eigenvalue weighted by Crippen LogP contribution is -2.36. The van der Waals surface area contributed by atoms with Crippen molar-refractivity contribution in [3.8, 4) is 0 Å². The number of anilines is 1. The standard InChI is InChI=1S/C15H16N2O3S/c18-13(17-15-16-10(6-21-15)7-1-2-7)11-8-3-4-9(5-8)12(11)14(19)20/h3-4,6-9,11-12H,1-2,5H2,(H,19,20)(H,16,17,18)/t8?,9?,11-,12+/m0/s1. The second-order valence-corrected chi connectivity index (χ2v) is 7.04. The van der Waals surface area contributed by atoms with Crippen molar-refractivity contribution in [3.05, 3.63) is 23.2 Å². The highest BCUT2D eigenvalue weighted by atomic mass is 32.1. The molecule has 0 saturated heterocycles. The van der Waals surface area contributed by atoms with Crippen molar-refractivity contribution >= 4 is 28.3 Å². The van der Waals surface area contributed by atoms with Gasteiger partial charge in [-0.2, -0.15) is 0 Å². The van der Waals surface area contributed by atoms with E-state index in [4.69, 9.17) is 0 Å². The first-order valence-electron chi connectivity index (χ1n) is 7.31. The number of rotatable bonds is 4. The zero-order chi connectivity index (χ0) is 14.6. The lowest BCUT2D eigenvalue weighted by Gasteiger charge is -2.23. The van der Waals surface area contributed by atoms with Gasteiger partial charge in [0.2, 0.25) is 5.91 Å². The van der Waals surface area contributed by atoms with E-state index in [0.717, 1.165) is 12.1 Å². The van der Waals surface area contributed by atoms with E-state index in [-0.39, 0.29) is 17.7 Å². The number of nitrogens with zero attached hydrogens (tertiary/aromatic N) is 1. The van der Waals surface area contributed by atoms with Crippen LogP contribution in [0.15, 0.2) is 17.5 Å². The van der Waals surface area contributed by atoms with Gasteiger partial charge < -0.3 is 10.4 Å². The SMILES string of the molecule is O=C(O)[C@@H]1C2C=CC(C2)[C@@H]1C(=O)Nc1nc(C2CC2)cs1. The van der Waals surface area contributed by atoms with Crippen LogP contribution in [-0.2, 0) is 9.59 Å². The van der Waals surface area contributed by atoms with E-state index in [0.29, 0.717) is 11.0 Å². The molecule has 1 heterocycles. The van der Waals surface area contributed by atoms with Gasteiger partial charge in [0.1, 0.15) is 0 Å². The molecule has 3 aliphatic rings. The van der Waals surface area contributed by atoms with Gasteiger partial charge in [0.05, 0.1) is 17.5 Å². The molecule has 4 atom stereocenters. The molecule has 3 aliphatic carbocycles. The molecular weight excluding hydrogens is 288 g/mol. The van der Waals surface area contributed by atoms with Gasteiger partial charge in [-0.3, -0.25) is 9.59 Å². The molecule has 4 rings (SSSR count). The summed E-state index contributed by atoms with van der Waals surface area (Å²) in [5.41, 5.74) is 1.05. The number of carboxylic acids is 1. The molecule has 1 aromatic rings. The van der Waals surface area contributed by atoms with E-state index in [1.165, 1.54) is 24.2 Å². The average Bonchev–Trinajstić information content (AvgIpc) is 2.88. The molecule has 2 unspecified atom stereocenters. The second kappa shape index (κ2) is 4.66. The molecule has 0 radical (unpaired) electrons. The maximum Gasteiger partial charge on any atom is 0.307 e. The van der Waals surface area contributed by atoms with Crippen LogP contribution in [0.3, 0.4) is 0 Å². The quantitative estimate of drug-likeness (QED) is 0.838. The summed E-state index contributed by atoms with van der Waals surface area (Å²) in [6.07, 6.45) is 7.07. The van der Waals surface area contributed by atoms with Crippen molar-refractivity contribution in [1.29, 1.82) is 0 Å². The molecule has 5 nitrogen and oxygen atoms in total. The van der Waals surface area contributed by atoms with Crippen LogP contribution in [0.1, 0.15) is 30.9 Å². The smallest absolute Gasteiger partial charge is 0.307 e. The fourth-order valence-corrected chi connectivity index (χ4v) is 4.41. The lowest BCUT2D eigenvalue weighted by atomic mass is 9.82. The number of allylic oxidation sites excluding steroid dienone is 2. The Bertz CT molecular complexity index is 635. The molecule has 21 heavy (non-hydrogen) atoms. The number of carbonyl (C=O) groups is 2. The maximum atomic E-state index is 12.5. The number of hydrogen-bond acceptors (Lipinski definition) is 4. The predicted molar refractivity (Wildman–Crippen MR) is 78.1 cm³/mol. The molecule has 2 fully saturated rings. The molecule has 2 bridgehead atoms. The van der Waals surface area contributed by atoms with Crippen LogP contribution in [0.2, 0.25) is 0 Å². The molecule has 0 aromatic carbocycles. The first-order chi connectivity index (χ1) is 10.1. The summed E-state index contributed by atoms with van der Waals surface area (Å²) < 4.78 is 0. The fourth-order valence-electron chi connectivity index (χ4n) is 3.62. The number of amides is 1. The van der Waals surface area contributed by atoms with E-state index in [1.54, 1.807) is 0 Å². The lowest BCUT2D eigenvalue weighted by molar-refractivity contribution is -0.146. The predicted octanol–water partition coefficient (Wildman–Crippen LogP) is 2.48. The van der Waals surface area contributed by atoms with Crippen molar-refractivity contribution in [3.63, 3.8) is 0 Å². The maximum absolute atomic E-state index is 12.5. The number of aromatic nitrogens is 1. The zero-order valence-corrected chi connectivity index (χ0v) is 12.2. The Hall–Kier alpha value is -1.69. The summed E-state index contributed by atoms with van der Waals surface area (Å²) in [6, 6.07) is 0. The Balaban J connectivity index is 1.50. The fraction of sp³-hybridized carbons (Fsp3) is 0.533. The van der Waals surface area contributed by atoms with Crippen molar-refractivity contribution in [2.24, 2.45) is 23.7 Å². The monoisotopic (exact) mass is 304 g/mol. The van der Waals surface area contributed by atoms with Crippen LogP contribution < -0.4 is 5.32 Å². The number of nitrogens with one attached hydrogen (secondary N) is 1. The summed E-state index contributed by atoms with van der Waals surface area (Å²) in [5, 5.41) is 14.8. The first kappa shape index (κ1) is 13.0. The largest absolute Gasteiger partial charge is 0.481 e. The second-order valence-electron chi connectivity index (χ2n) is 6.18. The van der Waals surface area contributed by atoms with E-state index < -0.39 is 17.8 Å². The van der Waals surface area contributed by atoms with Gasteiger partial charge in [0.15, 0.2) is 5.13 Å². The number of fused-ring (bicyclic) bond motifs is 2. The molecule has 2 N–H and O–H groups in total. The summed E-state index contributed by atoms with van der Waals surface area (Å²) in [5.74, 6) is -1.51. The Morgan fingerprint density at radius 2 is 1.95 bits per heavy atom. The third-order valence-corrected chi connectivity index (χ3v) is 5.57. The molecular formula is C15H16N2O3S. The minimum atomic E-state index is -0.871. The Kier molecular flexibility index (Phi) is 2.89. The van der Waals surface area contributed by atoms with Crippen molar-refractivity contribution in [1.82, 2.24) is 4.98 Å². The van der Waals surface area contributed by atoms with Crippen molar-refractivity contribution in [2.75, 3.05) is 5.32 Å². The molecule has 1 amide bonds. The van der Waals surface area contributed by atoms with Crippen LogP contribution in [-0.4, -0.2) is 22.0 Å². The summed E-state index contributed by atoms with van der Waals surface area (Å²) >= 11 is 1.43. The first-order valence-corrected chi connectivity index (χ1v) is 8.19. The van der Waals surface area contributed by atoms with Gasteiger partial charge in [-0.1, -0.05) is 12.2 Å². The molecule has 1 aromatic heterocycles. The molecule has 6 heteroatoms. The van der Waals surface area contributed by atoms with Crippen LogP contribution in [0.25, 0.3) is 0 Å². The van der Waals surface area contributed by atoms with E-state index in [2.05, 4.69) is 10.3 Å². The van der Waals surface area contributed by atoms with Crippen LogP contribution in [0.5, 0.6) is 0 Å². The highest BCUT2D eigenvalue weighted by molar-refractivity contribution is 7.13. The molecule has 2 saturated carbocycles. The van der Waals surface area contributed by atoms with Gasteiger partial charge in [-0.05, 0) is 31.1 Å². The summed E-state index contributed by atoms with van der Waals surface area (Å²) in [7, 11) is 0.